The van der Waals surface area contributed by atoms with Gasteiger partial charge in [0, 0.05) is 26.2 Å². The van der Waals surface area contributed by atoms with Crippen LogP contribution in [0.15, 0.2) is 24.3 Å². The van der Waals surface area contributed by atoms with E-state index in [-0.39, 0.29) is 6.54 Å². The summed E-state index contributed by atoms with van der Waals surface area (Å²) in [4.78, 5) is 2.02. The number of aromatic nitrogens is 4. The lowest BCUT2D eigenvalue weighted by atomic mass is 10.1. The first kappa shape index (κ1) is 14.8. The summed E-state index contributed by atoms with van der Waals surface area (Å²) >= 11 is 0. The van der Waals surface area contributed by atoms with E-state index in [4.69, 9.17) is 0 Å². The third kappa shape index (κ3) is 3.19. The molecule has 2 heterocycles. The third-order valence-corrected chi connectivity index (χ3v) is 3.50. The maximum absolute atomic E-state index is 12.8. The van der Waals surface area contributed by atoms with Gasteiger partial charge in [-0.05, 0) is 28.1 Å². The van der Waals surface area contributed by atoms with Gasteiger partial charge in [0.2, 0.25) is 5.95 Å². The molecule has 0 atom stereocenters. The van der Waals surface area contributed by atoms with Crippen LogP contribution >= 0.6 is 0 Å². The van der Waals surface area contributed by atoms with E-state index in [0.29, 0.717) is 11.5 Å². The van der Waals surface area contributed by atoms with Crippen molar-refractivity contribution < 1.29 is 13.2 Å². The Bertz CT molecular complexity index is 633. The molecule has 1 aliphatic rings. The second-order valence-electron chi connectivity index (χ2n) is 5.07. The van der Waals surface area contributed by atoms with E-state index in [2.05, 4.69) is 20.8 Å². The molecule has 0 aliphatic carbocycles. The first-order valence-electron chi connectivity index (χ1n) is 6.92. The molecule has 2 aromatic rings. The van der Waals surface area contributed by atoms with Crippen LogP contribution < -0.4 is 10.2 Å². The number of piperazine rings is 1. The van der Waals surface area contributed by atoms with Gasteiger partial charge in [-0.2, -0.15) is 13.2 Å². The fraction of sp³-hybridized carbons (Fsp3) is 0.462. The van der Waals surface area contributed by atoms with Crippen molar-refractivity contribution in [2.45, 2.75) is 12.7 Å². The zero-order chi connectivity index (χ0) is 15.6. The average Bonchev–Trinajstić information content (AvgIpc) is 2.96. The molecule has 0 saturated carbocycles. The maximum Gasteiger partial charge on any atom is 0.416 e. The normalized spacial score (nSPS) is 16.0. The Morgan fingerprint density at radius 1 is 1.18 bits per heavy atom. The van der Waals surface area contributed by atoms with Gasteiger partial charge in [-0.15, -0.1) is 0 Å². The minimum atomic E-state index is -4.35. The SMILES string of the molecule is FC(F)(F)c1cccc(Cn2nnnc2N2CCNCC2)c1. The molecular formula is C13H15F3N6. The van der Waals surface area contributed by atoms with Crippen LogP contribution in [0.3, 0.4) is 0 Å². The highest BCUT2D eigenvalue weighted by Gasteiger charge is 2.30. The van der Waals surface area contributed by atoms with Crippen molar-refractivity contribution in [3.8, 4) is 0 Å². The standard InChI is InChI=1S/C13H15F3N6/c14-13(15,16)11-3-1-2-10(8-11)9-22-12(18-19-20-22)21-6-4-17-5-7-21/h1-3,8,17H,4-7,9H2. The summed E-state index contributed by atoms with van der Waals surface area (Å²) < 4.78 is 39.8. The highest BCUT2D eigenvalue weighted by Crippen LogP contribution is 2.29. The zero-order valence-electron chi connectivity index (χ0n) is 11.7. The molecule has 0 amide bonds. The molecule has 118 valence electrons. The number of nitrogens with one attached hydrogen (secondary N) is 1. The molecule has 1 aromatic heterocycles. The summed E-state index contributed by atoms with van der Waals surface area (Å²) in [6.45, 7) is 3.40. The molecule has 6 nitrogen and oxygen atoms in total. The fourth-order valence-corrected chi connectivity index (χ4v) is 2.41. The zero-order valence-corrected chi connectivity index (χ0v) is 11.7. The average molecular weight is 312 g/mol. The molecule has 1 fully saturated rings. The van der Waals surface area contributed by atoms with Crippen LogP contribution in [0, 0.1) is 0 Å². The monoisotopic (exact) mass is 312 g/mol. The summed E-state index contributed by atoms with van der Waals surface area (Å²) in [5.74, 6) is 0.582. The van der Waals surface area contributed by atoms with E-state index in [1.54, 1.807) is 6.07 Å². The number of hydrogen-bond acceptors (Lipinski definition) is 5. The Hall–Kier alpha value is -2.16. The second-order valence-corrected chi connectivity index (χ2v) is 5.07. The van der Waals surface area contributed by atoms with Gasteiger partial charge in [0.05, 0.1) is 12.1 Å². The van der Waals surface area contributed by atoms with Crippen LogP contribution in [0.5, 0.6) is 0 Å². The highest BCUT2D eigenvalue weighted by molar-refractivity contribution is 5.31. The first-order valence-corrected chi connectivity index (χ1v) is 6.92. The highest BCUT2D eigenvalue weighted by atomic mass is 19.4. The van der Waals surface area contributed by atoms with E-state index < -0.39 is 11.7 Å². The number of hydrogen-bond donors (Lipinski definition) is 1. The first-order chi connectivity index (χ1) is 10.5. The van der Waals surface area contributed by atoms with Gasteiger partial charge in [-0.1, -0.05) is 17.2 Å². The molecular weight excluding hydrogens is 297 g/mol. The minimum absolute atomic E-state index is 0.205. The van der Waals surface area contributed by atoms with Crippen molar-refractivity contribution >= 4 is 5.95 Å². The molecule has 1 aromatic carbocycles. The van der Waals surface area contributed by atoms with Gasteiger partial charge >= 0.3 is 6.18 Å². The lowest BCUT2D eigenvalue weighted by molar-refractivity contribution is -0.137. The number of anilines is 1. The number of nitrogens with zero attached hydrogens (tertiary/aromatic N) is 5. The fourth-order valence-electron chi connectivity index (χ4n) is 2.41. The van der Waals surface area contributed by atoms with Crippen molar-refractivity contribution in [2.24, 2.45) is 0 Å². The van der Waals surface area contributed by atoms with Crippen molar-refractivity contribution in [3.05, 3.63) is 35.4 Å². The van der Waals surface area contributed by atoms with Crippen LogP contribution in [0.4, 0.5) is 19.1 Å². The predicted molar refractivity (Wildman–Crippen MR) is 73.4 cm³/mol. The summed E-state index contributed by atoms with van der Waals surface area (Å²) in [6.07, 6.45) is -4.35. The van der Waals surface area contributed by atoms with Crippen molar-refractivity contribution in [1.82, 2.24) is 25.5 Å². The number of halogens is 3. The Morgan fingerprint density at radius 2 is 1.95 bits per heavy atom. The van der Waals surface area contributed by atoms with E-state index in [1.807, 2.05) is 4.90 Å². The minimum Gasteiger partial charge on any atom is -0.337 e. The number of benzene rings is 1. The molecule has 1 N–H and O–H groups in total. The van der Waals surface area contributed by atoms with Crippen molar-refractivity contribution in [3.63, 3.8) is 0 Å². The summed E-state index contributed by atoms with van der Waals surface area (Å²) in [5.41, 5.74) is -0.152. The maximum atomic E-state index is 12.8. The van der Waals surface area contributed by atoms with E-state index in [0.717, 1.165) is 38.3 Å². The van der Waals surface area contributed by atoms with E-state index >= 15 is 0 Å². The third-order valence-electron chi connectivity index (χ3n) is 3.50. The summed E-state index contributed by atoms with van der Waals surface area (Å²) in [5, 5.41) is 14.7. The molecule has 0 radical (unpaired) electrons. The van der Waals surface area contributed by atoms with Crippen LogP contribution in [-0.2, 0) is 12.7 Å². The molecule has 1 saturated heterocycles. The Balaban J connectivity index is 1.81. The van der Waals surface area contributed by atoms with E-state index in [1.165, 1.54) is 10.7 Å². The molecule has 22 heavy (non-hydrogen) atoms. The molecule has 3 rings (SSSR count). The van der Waals surface area contributed by atoms with Gasteiger partial charge in [0.1, 0.15) is 0 Å². The molecule has 0 unspecified atom stereocenters. The van der Waals surface area contributed by atoms with Gasteiger partial charge < -0.3 is 10.2 Å². The van der Waals surface area contributed by atoms with Gasteiger partial charge in [0.25, 0.3) is 0 Å². The Morgan fingerprint density at radius 3 is 2.68 bits per heavy atom. The molecule has 0 spiro atoms. The largest absolute Gasteiger partial charge is 0.416 e. The number of rotatable bonds is 3. The van der Waals surface area contributed by atoms with Crippen molar-refractivity contribution in [1.29, 1.82) is 0 Å². The predicted octanol–water partition coefficient (Wildman–Crippen LogP) is 1.15. The Kier molecular flexibility index (Phi) is 3.97. The number of alkyl halides is 3. The molecule has 0 bridgehead atoms. The number of tetrazole rings is 1. The van der Waals surface area contributed by atoms with Gasteiger partial charge in [-0.3, -0.25) is 0 Å². The summed E-state index contributed by atoms with van der Waals surface area (Å²) in [7, 11) is 0. The van der Waals surface area contributed by atoms with E-state index in [9.17, 15) is 13.2 Å². The smallest absolute Gasteiger partial charge is 0.337 e. The second kappa shape index (κ2) is 5.91. The van der Waals surface area contributed by atoms with Crippen LogP contribution in [0.2, 0.25) is 0 Å². The lowest BCUT2D eigenvalue weighted by Gasteiger charge is -2.27. The van der Waals surface area contributed by atoms with Crippen LogP contribution in [0.25, 0.3) is 0 Å². The van der Waals surface area contributed by atoms with Crippen LogP contribution in [0.1, 0.15) is 11.1 Å². The Labute approximate surface area is 124 Å². The van der Waals surface area contributed by atoms with Crippen molar-refractivity contribution in [2.75, 3.05) is 31.1 Å². The van der Waals surface area contributed by atoms with Crippen LogP contribution in [-0.4, -0.2) is 46.4 Å². The lowest BCUT2D eigenvalue weighted by Crippen LogP contribution is -2.44. The molecule has 9 heteroatoms. The molecule has 1 aliphatic heterocycles. The topological polar surface area (TPSA) is 58.9 Å². The quantitative estimate of drug-likeness (QED) is 0.921. The van der Waals surface area contributed by atoms with Gasteiger partial charge in [0.15, 0.2) is 0 Å². The van der Waals surface area contributed by atoms with Gasteiger partial charge in [-0.25, -0.2) is 4.68 Å². The summed E-state index contributed by atoms with van der Waals surface area (Å²) in [6, 6.07) is 5.22.